The molecule has 0 saturated carbocycles. The Labute approximate surface area is 138 Å². The molecule has 0 heterocycles. The fourth-order valence-electron chi connectivity index (χ4n) is 2.26. The topological polar surface area (TPSA) is 0 Å². The first-order valence-corrected chi connectivity index (χ1v) is 8.50. The molecule has 0 aliphatic rings. The fraction of sp³-hybridized carbons (Fsp3) is 0.333. The number of rotatable bonds is 2. The molecule has 0 aliphatic carbocycles. The van der Waals surface area contributed by atoms with Gasteiger partial charge in [0, 0.05) is 4.47 Å². The second kappa shape index (κ2) is 6.03. The van der Waals surface area contributed by atoms with Gasteiger partial charge in [-0.1, -0.05) is 83.0 Å². The van der Waals surface area contributed by atoms with Crippen LogP contribution < -0.4 is 0 Å². The van der Waals surface area contributed by atoms with Crippen molar-refractivity contribution in [3.8, 4) is 0 Å². The quantitative estimate of drug-likeness (QED) is 0.506. The van der Waals surface area contributed by atoms with Gasteiger partial charge < -0.3 is 0 Å². The Morgan fingerprint density at radius 3 is 2.00 bits per heavy atom. The van der Waals surface area contributed by atoms with Crippen LogP contribution in [0.3, 0.4) is 0 Å². The van der Waals surface area contributed by atoms with E-state index in [1.165, 1.54) is 22.3 Å². The molecule has 0 aliphatic heterocycles. The minimum atomic E-state index is 0.201. The summed E-state index contributed by atoms with van der Waals surface area (Å²) in [6, 6.07) is 15.4. The average Bonchev–Trinajstić information content (AvgIpc) is 2.36. The van der Waals surface area contributed by atoms with E-state index in [1.54, 1.807) is 0 Å². The first-order valence-electron chi connectivity index (χ1n) is 6.79. The maximum Gasteiger partial charge on any atom is 0.0645 e. The zero-order valence-electron chi connectivity index (χ0n) is 12.4. The normalized spacial score (nSPS) is 13.3. The van der Waals surface area contributed by atoms with Gasteiger partial charge in [0.2, 0.25) is 0 Å². The Morgan fingerprint density at radius 2 is 1.50 bits per heavy atom. The van der Waals surface area contributed by atoms with Gasteiger partial charge in [0.1, 0.15) is 0 Å². The Morgan fingerprint density at radius 1 is 0.900 bits per heavy atom. The van der Waals surface area contributed by atoms with Crippen molar-refractivity contribution >= 4 is 31.9 Å². The number of hydrogen-bond donors (Lipinski definition) is 0. The lowest BCUT2D eigenvalue weighted by Gasteiger charge is -2.20. The molecular formula is C18H20Br2. The van der Waals surface area contributed by atoms with Crippen LogP contribution in [0.1, 0.15) is 47.9 Å². The monoisotopic (exact) mass is 394 g/mol. The van der Waals surface area contributed by atoms with Crippen LogP contribution in [-0.2, 0) is 5.41 Å². The van der Waals surface area contributed by atoms with Crippen LogP contribution in [0.2, 0.25) is 0 Å². The molecule has 1 atom stereocenters. The molecule has 106 valence electrons. The Bertz CT molecular complexity index is 572. The number of aryl methyl sites for hydroxylation is 1. The molecule has 0 amide bonds. The van der Waals surface area contributed by atoms with Crippen LogP contribution in [0.4, 0.5) is 0 Å². The molecule has 0 saturated heterocycles. The largest absolute Gasteiger partial charge is 0.0786 e. The molecule has 0 aromatic heterocycles. The van der Waals surface area contributed by atoms with E-state index < -0.39 is 0 Å². The van der Waals surface area contributed by atoms with Crippen molar-refractivity contribution in [1.82, 2.24) is 0 Å². The number of alkyl halides is 1. The molecule has 2 aromatic carbocycles. The van der Waals surface area contributed by atoms with Crippen LogP contribution in [0, 0.1) is 6.92 Å². The molecule has 20 heavy (non-hydrogen) atoms. The van der Waals surface area contributed by atoms with E-state index >= 15 is 0 Å². The summed E-state index contributed by atoms with van der Waals surface area (Å²) >= 11 is 7.39. The van der Waals surface area contributed by atoms with E-state index in [0.29, 0.717) is 0 Å². The second-order valence-electron chi connectivity index (χ2n) is 6.30. The van der Waals surface area contributed by atoms with Crippen LogP contribution >= 0.6 is 31.9 Å². The number of halogens is 2. The van der Waals surface area contributed by atoms with Gasteiger partial charge in [-0.2, -0.15) is 0 Å². The van der Waals surface area contributed by atoms with Gasteiger partial charge in [-0.05, 0) is 46.7 Å². The minimum Gasteiger partial charge on any atom is -0.0786 e. The predicted octanol–water partition coefficient (Wildman–Crippen LogP) is 6.54. The molecule has 2 aromatic rings. The van der Waals surface area contributed by atoms with Crippen LogP contribution in [0.15, 0.2) is 46.9 Å². The highest BCUT2D eigenvalue weighted by Crippen LogP contribution is 2.34. The van der Waals surface area contributed by atoms with Crippen LogP contribution in [0.25, 0.3) is 0 Å². The van der Waals surface area contributed by atoms with Crippen molar-refractivity contribution in [2.45, 2.75) is 37.9 Å². The molecule has 0 radical (unpaired) electrons. The molecule has 0 nitrogen and oxygen atoms in total. The first-order chi connectivity index (χ1) is 9.27. The van der Waals surface area contributed by atoms with E-state index in [9.17, 15) is 0 Å². The summed E-state index contributed by atoms with van der Waals surface area (Å²) in [5.41, 5.74) is 5.40. The molecule has 0 bridgehead atoms. The van der Waals surface area contributed by atoms with E-state index in [4.69, 9.17) is 0 Å². The fourth-order valence-corrected chi connectivity index (χ4v) is 3.45. The van der Waals surface area contributed by atoms with Crippen molar-refractivity contribution in [1.29, 1.82) is 0 Å². The summed E-state index contributed by atoms with van der Waals surface area (Å²) in [5, 5.41) is 0. The van der Waals surface area contributed by atoms with Crippen LogP contribution in [-0.4, -0.2) is 0 Å². The summed E-state index contributed by atoms with van der Waals surface area (Å²) in [6.07, 6.45) is 0. The maximum atomic E-state index is 3.82. The van der Waals surface area contributed by atoms with Gasteiger partial charge in [0.15, 0.2) is 0 Å². The Balaban J connectivity index is 2.31. The third-order valence-electron chi connectivity index (χ3n) is 3.43. The van der Waals surface area contributed by atoms with Gasteiger partial charge in [-0.3, -0.25) is 0 Å². The smallest absolute Gasteiger partial charge is 0.0645 e. The van der Waals surface area contributed by atoms with Crippen molar-refractivity contribution in [3.63, 3.8) is 0 Å². The standard InChI is InChI=1S/C18H20Br2/c1-12-9-14(11-16(19)10-12)17(20)13-5-7-15(8-6-13)18(2,3)4/h5-11,17H,1-4H3. The number of benzene rings is 2. The maximum absolute atomic E-state index is 3.82. The van der Waals surface area contributed by atoms with E-state index in [0.717, 1.165) is 4.47 Å². The zero-order chi connectivity index (χ0) is 14.9. The molecule has 2 heteroatoms. The van der Waals surface area contributed by atoms with Crippen molar-refractivity contribution in [2.75, 3.05) is 0 Å². The number of hydrogen-bond acceptors (Lipinski definition) is 0. The molecule has 2 rings (SSSR count). The van der Waals surface area contributed by atoms with Crippen molar-refractivity contribution in [2.24, 2.45) is 0 Å². The Hall–Kier alpha value is -0.600. The van der Waals surface area contributed by atoms with Gasteiger partial charge in [-0.25, -0.2) is 0 Å². The van der Waals surface area contributed by atoms with E-state index in [-0.39, 0.29) is 10.2 Å². The van der Waals surface area contributed by atoms with Crippen LogP contribution in [0.5, 0.6) is 0 Å². The predicted molar refractivity (Wildman–Crippen MR) is 94.8 cm³/mol. The highest BCUT2D eigenvalue weighted by molar-refractivity contribution is 9.10. The summed E-state index contributed by atoms with van der Waals surface area (Å²) in [4.78, 5) is 0.229. The SMILES string of the molecule is Cc1cc(Br)cc(C(Br)c2ccc(C(C)(C)C)cc2)c1. The minimum absolute atomic E-state index is 0.201. The lowest BCUT2D eigenvalue weighted by atomic mass is 9.86. The highest BCUT2D eigenvalue weighted by Gasteiger charge is 2.15. The summed E-state index contributed by atoms with van der Waals surface area (Å²) in [6.45, 7) is 8.85. The third-order valence-corrected chi connectivity index (χ3v) is 4.94. The van der Waals surface area contributed by atoms with E-state index in [2.05, 4.69) is 102 Å². The summed E-state index contributed by atoms with van der Waals surface area (Å²) in [5.74, 6) is 0. The summed E-state index contributed by atoms with van der Waals surface area (Å²) in [7, 11) is 0. The molecule has 0 fully saturated rings. The lowest BCUT2D eigenvalue weighted by molar-refractivity contribution is 0.590. The second-order valence-corrected chi connectivity index (χ2v) is 8.13. The van der Waals surface area contributed by atoms with Gasteiger partial charge in [-0.15, -0.1) is 0 Å². The zero-order valence-corrected chi connectivity index (χ0v) is 15.5. The lowest BCUT2D eigenvalue weighted by Crippen LogP contribution is -2.10. The average molecular weight is 396 g/mol. The van der Waals surface area contributed by atoms with E-state index in [1.807, 2.05) is 0 Å². The Kier molecular flexibility index (Phi) is 4.76. The molecule has 0 N–H and O–H groups in total. The molecule has 0 spiro atoms. The summed E-state index contributed by atoms with van der Waals surface area (Å²) < 4.78 is 1.13. The van der Waals surface area contributed by atoms with Gasteiger partial charge in [0.25, 0.3) is 0 Å². The third kappa shape index (κ3) is 3.73. The molecule has 1 unspecified atom stereocenters. The molecular weight excluding hydrogens is 376 g/mol. The van der Waals surface area contributed by atoms with Gasteiger partial charge in [0.05, 0.1) is 4.83 Å². The van der Waals surface area contributed by atoms with Crippen molar-refractivity contribution < 1.29 is 0 Å². The van der Waals surface area contributed by atoms with Gasteiger partial charge >= 0.3 is 0 Å². The van der Waals surface area contributed by atoms with Crippen molar-refractivity contribution in [3.05, 3.63) is 69.2 Å². The highest BCUT2D eigenvalue weighted by atomic mass is 79.9. The first kappa shape index (κ1) is 15.8.